The zero-order valence-corrected chi connectivity index (χ0v) is 8.44. The number of amides is 1. The van der Waals surface area contributed by atoms with Gasteiger partial charge in [0.1, 0.15) is 0 Å². The minimum Gasteiger partial charge on any atom is -0.342 e. The number of alkyl halides is 1. The Kier molecular flexibility index (Phi) is 2.22. The second kappa shape index (κ2) is 2.68. The van der Waals surface area contributed by atoms with Crippen LogP contribution in [0.25, 0.3) is 0 Å². The van der Waals surface area contributed by atoms with Crippen LogP contribution in [0.1, 0.15) is 26.7 Å². The molecular formula is C7H12INO. The van der Waals surface area contributed by atoms with Crippen molar-refractivity contribution >= 4 is 28.5 Å². The first-order valence-electron chi connectivity index (χ1n) is 3.50. The molecule has 0 aromatic rings. The number of carbonyl (C=O) groups excluding carboxylic acids is 1. The zero-order valence-electron chi connectivity index (χ0n) is 6.28. The molecule has 0 saturated heterocycles. The molecule has 1 rings (SSSR count). The van der Waals surface area contributed by atoms with E-state index in [0.29, 0.717) is 5.92 Å². The highest BCUT2D eigenvalue weighted by Gasteiger charge is 2.31. The van der Waals surface area contributed by atoms with E-state index >= 15 is 0 Å². The van der Waals surface area contributed by atoms with E-state index in [1.807, 2.05) is 13.8 Å². The van der Waals surface area contributed by atoms with Gasteiger partial charge in [-0.2, -0.15) is 0 Å². The summed E-state index contributed by atoms with van der Waals surface area (Å²) in [7, 11) is 0. The second-order valence-corrected chi connectivity index (χ2v) is 5.93. The summed E-state index contributed by atoms with van der Waals surface area (Å²) >= 11 is 2.22. The van der Waals surface area contributed by atoms with E-state index in [1.54, 1.807) is 0 Å². The number of hydrogen-bond donors (Lipinski definition) is 1. The van der Waals surface area contributed by atoms with Crippen molar-refractivity contribution in [2.75, 3.05) is 0 Å². The molecule has 1 saturated carbocycles. The van der Waals surface area contributed by atoms with Gasteiger partial charge in [-0.3, -0.25) is 4.79 Å². The number of nitrogens with one attached hydrogen (secondary N) is 1. The van der Waals surface area contributed by atoms with Crippen LogP contribution in [0.4, 0.5) is 0 Å². The summed E-state index contributed by atoms with van der Waals surface area (Å²) in [6.07, 6.45) is 2.16. The van der Waals surface area contributed by atoms with E-state index in [-0.39, 0.29) is 9.45 Å². The van der Waals surface area contributed by atoms with Gasteiger partial charge < -0.3 is 5.32 Å². The lowest BCUT2D eigenvalue weighted by Gasteiger charge is -2.17. The SMILES string of the molecule is CC(C)(I)NC(=O)C1CC1. The zero-order chi connectivity index (χ0) is 7.78. The predicted molar refractivity (Wildman–Crippen MR) is 49.0 cm³/mol. The Bertz CT molecular complexity index is 146. The molecule has 1 N–H and O–H groups in total. The summed E-state index contributed by atoms with van der Waals surface area (Å²) < 4.78 is -0.0859. The topological polar surface area (TPSA) is 29.1 Å². The lowest BCUT2D eigenvalue weighted by atomic mass is 10.3. The maximum Gasteiger partial charge on any atom is 0.224 e. The predicted octanol–water partition coefficient (Wildman–Crippen LogP) is 1.68. The maximum atomic E-state index is 11.1. The van der Waals surface area contributed by atoms with E-state index in [2.05, 4.69) is 27.9 Å². The van der Waals surface area contributed by atoms with E-state index in [1.165, 1.54) is 0 Å². The van der Waals surface area contributed by atoms with Crippen molar-refractivity contribution in [2.45, 2.75) is 30.2 Å². The van der Waals surface area contributed by atoms with E-state index < -0.39 is 0 Å². The fraction of sp³-hybridized carbons (Fsp3) is 0.857. The quantitative estimate of drug-likeness (QED) is 0.453. The van der Waals surface area contributed by atoms with Crippen LogP contribution in [0.5, 0.6) is 0 Å². The molecule has 0 radical (unpaired) electrons. The monoisotopic (exact) mass is 253 g/mol. The summed E-state index contributed by atoms with van der Waals surface area (Å²) in [5, 5.41) is 2.93. The standard InChI is InChI=1S/C7H12INO/c1-7(2,8)9-6(10)5-3-4-5/h5H,3-4H2,1-2H3,(H,9,10). The summed E-state index contributed by atoms with van der Waals surface area (Å²) in [6, 6.07) is 0. The normalized spacial score (nSPS) is 18.7. The number of halogens is 1. The fourth-order valence-corrected chi connectivity index (χ4v) is 1.01. The molecule has 0 bridgehead atoms. The Morgan fingerprint density at radius 3 is 2.40 bits per heavy atom. The van der Waals surface area contributed by atoms with Crippen molar-refractivity contribution in [3.8, 4) is 0 Å². The van der Waals surface area contributed by atoms with E-state index in [0.717, 1.165) is 12.8 Å². The highest BCUT2D eigenvalue weighted by atomic mass is 127. The number of carbonyl (C=O) groups is 1. The molecule has 1 amide bonds. The van der Waals surface area contributed by atoms with Crippen LogP contribution >= 0.6 is 22.6 Å². The molecule has 0 aromatic heterocycles. The molecule has 10 heavy (non-hydrogen) atoms. The Balaban J connectivity index is 2.30. The van der Waals surface area contributed by atoms with Crippen molar-refractivity contribution in [1.82, 2.24) is 5.32 Å². The van der Waals surface area contributed by atoms with Crippen LogP contribution in [-0.4, -0.2) is 9.45 Å². The van der Waals surface area contributed by atoms with Gasteiger partial charge in [-0.05, 0) is 26.7 Å². The van der Waals surface area contributed by atoms with Gasteiger partial charge in [0.2, 0.25) is 5.91 Å². The van der Waals surface area contributed by atoms with E-state index in [4.69, 9.17) is 0 Å². The van der Waals surface area contributed by atoms with Gasteiger partial charge in [-0.25, -0.2) is 0 Å². The lowest BCUT2D eigenvalue weighted by Crippen LogP contribution is -2.38. The molecule has 0 spiro atoms. The molecule has 2 nitrogen and oxygen atoms in total. The molecule has 0 unspecified atom stereocenters. The lowest BCUT2D eigenvalue weighted by molar-refractivity contribution is -0.122. The molecule has 3 heteroatoms. The summed E-state index contributed by atoms with van der Waals surface area (Å²) in [5.41, 5.74) is 0. The number of hydrogen-bond acceptors (Lipinski definition) is 1. The third-order valence-corrected chi connectivity index (χ3v) is 1.64. The van der Waals surface area contributed by atoms with Gasteiger partial charge >= 0.3 is 0 Å². The third-order valence-electron chi connectivity index (χ3n) is 1.37. The van der Waals surface area contributed by atoms with Crippen molar-refractivity contribution in [3.05, 3.63) is 0 Å². The first kappa shape index (κ1) is 8.30. The molecule has 0 atom stereocenters. The van der Waals surface area contributed by atoms with Gasteiger partial charge in [0, 0.05) is 5.92 Å². The van der Waals surface area contributed by atoms with Crippen LogP contribution in [0.15, 0.2) is 0 Å². The third kappa shape index (κ3) is 2.86. The van der Waals surface area contributed by atoms with Crippen LogP contribution in [0.3, 0.4) is 0 Å². The van der Waals surface area contributed by atoms with Gasteiger partial charge in [0.25, 0.3) is 0 Å². The van der Waals surface area contributed by atoms with Gasteiger partial charge in [0.05, 0.1) is 3.55 Å². The average molecular weight is 253 g/mol. The highest BCUT2D eigenvalue weighted by Crippen LogP contribution is 2.30. The minimum atomic E-state index is -0.0859. The Hall–Kier alpha value is 0.200. The highest BCUT2D eigenvalue weighted by molar-refractivity contribution is 14.1. The minimum absolute atomic E-state index is 0.0859. The van der Waals surface area contributed by atoms with Crippen molar-refractivity contribution in [1.29, 1.82) is 0 Å². The summed E-state index contributed by atoms with van der Waals surface area (Å²) in [5.74, 6) is 0.549. The van der Waals surface area contributed by atoms with Crippen LogP contribution in [0.2, 0.25) is 0 Å². The first-order chi connectivity index (χ1) is 4.49. The van der Waals surface area contributed by atoms with Gasteiger partial charge in [0.15, 0.2) is 0 Å². The van der Waals surface area contributed by atoms with E-state index in [9.17, 15) is 4.79 Å². The van der Waals surface area contributed by atoms with Gasteiger partial charge in [-0.1, -0.05) is 22.6 Å². The molecule has 0 heterocycles. The van der Waals surface area contributed by atoms with Crippen molar-refractivity contribution < 1.29 is 4.79 Å². The summed E-state index contributed by atoms with van der Waals surface area (Å²) in [4.78, 5) is 11.1. The smallest absolute Gasteiger partial charge is 0.224 e. The molecular weight excluding hydrogens is 241 g/mol. The second-order valence-electron chi connectivity index (χ2n) is 3.24. The molecule has 0 aliphatic heterocycles. The Labute approximate surface area is 74.9 Å². The fourth-order valence-electron chi connectivity index (χ4n) is 0.741. The first-order valence-corrected chi connectivity index (χ1v) is 4.58. The largest absolute Gasteiger partial charge is 0.342 e. The molecule has 1 fully saturated rings. The average Bonchev–Trinajstić information content (AvgIpc) is 2.35. The number of rotatable bonds is 2. The molecule has 58 valence electrons. The van der Waals surface area contributed by atoms with Crippen LogP contribution < -0.4 is 5.32 Å². The maximum absolute atomic E-state index is 11.1. The summed E-state index contributed by atoms with van der Waals surface area (Å²) in [6.45, 7) is 3.99. The molecule has 1 aliphatic carbocycles. The van der Waals surface area contributed by atoms with Crippen LogP contribution in [0, 0.1) is 5.92 Å². The van der Waals surface area contributed by atoms with Gasteiger partial charge in [-0.15, -0.1) is 0 Å². The molecule has 0 aromatic carbocycles. The van der Waals surface area contributed by atoms with Crippen molar-refractivity contribution in [3.63, 3.8) is 0 Å². The molecule has 1 aliphatic rings. The van der Waals surface area contributed by atoms with Crippen LogP contribution in [-0.2, 0) is 4.79 Å². The Morgan fingerprint density at radius 1 is 1.60 bits per heavy atom. The van der Waals surface area contributed by atoms with Crippen molar-refractivity contribution in [2.24, 2.45) is 5.92 Å². The Morgan fingerprint density at radius 2 is 2.10 bits per heavy atom.